The largest absolute Gasteiger partial charge is 0.395 e. The predicted octanol–water partition coefficient (Wildman–Crippen LogP) is 6.43. The Labute approximate surface area is 285 Å². The molecule has 0 aliphatic carbocycles. The number of hydrogen-bond acceptors (Lipinski definition) is 16. The Morgan fingerprint density at radius 1 is 0.500 bits per heavy atom. The molecule has 0 radical (unpaired) electrons. The van der Waals surface area contributed by atoms with E-state index in [1.165, 1.54) is 48.5 Å². The van der Waals surface area contributed by atoms with Gasteiger partial charge in [0.15, 0.2) is 19.7 Å². The minimum absolute atomic E-state index is 0.0544. The number of hydrogen-bond donors (Lipinski definition) is 4. The second-order valence-electron chi connectivity index (χ2n) is 9.68. The van der Waals surface area contributed by atoms with Crippen LogP contribution in [-0.4, -0.2) is 42.8 Å². The van der Waals surface area contributed by atoms with Gasteiger partial charge in [-0.15, -0.1) is 20.5 Å². The zero-order valence-electron chi connectivity index (χ0n) is 25.1. The summed E-state index contributed by atoms with van der Waals surface area (Å²) in [6.07, 6.45) is 0. The monoisotopic (exact) mass is 760 g/mol. The van der Waals surface area contributed by atoms with Crippen LogP contribution in [0.3, 0.4) is 0 Å². The second-order valence-corrected chi connectivity index (χ2v) is 16.3. The molecular weight excluding hydrogens is 737 g/mol. The van der Waals surface area contributed by atoms with Crippen LogP contribution in [0.5, 0.6) is 0 Å². The van der Waals surface area contributed by atoms with Crippen molar-refractivity contribution in [3.8, 4) is 0 Å². The maximum Gasteiger partial charge on any atom is 0.296 e. The summed E-state index contributed by atoms with van der Waals surface area (Å²) in [6, 6.07) is 13.5. The molecule has 4 aromatic carbocycles. The van der Waals surface area contributed by atoms with Gasteiger partial charge in [0.2, 0.25) is 0 Å². The topological polar surface area (TPSA) is 303 Å². The van der Waals surface area contributed by atoms with Gasteiger partial charge in [-0.2, -0.15) is 27.1 Å². The van der Waals surface area contributed by atoms with Gasteiger partial charge in [-0.1, -0.05) is 13.2 Å². The summed E-state index contributed by atoms with van der Waals surface area (Å²) < 4.78 is 114. The SMILES string of the molecule is C=CS(=O)(=O)c1ccc(N=Nc2cc(N=Nc3cc(S(=O)(=O)O)ccc3S(=O)(=O)O)c(N)c(N=Nc3ccc(S(=O)(=O)C=C)cc3)c2N)cc1. The molecule has 0 heterocycles. The molecule has 4 aromatic rings. The van der Waals surface area contributed by atoms with Gasteiger partial charge in [0.05, 0.1) is 37.4 Å². The molecule has 4 rings (SSSR count). The van der Waals surface area contributed by atoms with E-state index in [0.29, 0.717) is 18.2 Å². The molecule has 0 aliphatic rings. The van der Waals surface area contributed by atoms with Crippen LogP contribution in [0.1, 0.15) is 0 Å². The van der Waals surface area contributed by atoms with Crippen LogP contribution >= 0.6 is 0 Å². The summed E-state index contributed by atoms with van der Waals surface area (Å²) >= 11 is 0. The number of benzene rings is 4. The molecule has 0 saturated carbocycles. The van der Waals surface area contributed by atoms with Gasteiger partial charge in [0, 0.05) is 10.8 Å². The number of nitrogen functional groups attached to an aromatic ring is 2. The molecule has 0 bridgehead atoms. The normalized spacial score (nSPS) is 12.9. The lowest BCUT2D eigenvalue weighted by molar-refractivity contribution is 0.478. The third-order valence-corrected chi connectivity index (χ3v) is 10.9. The molecule has 0 aliphatic heterocycles. The van der Waals surface area contributed by atoms with Gasteiger partial charge in [-0.05, 0) is 72.8 Å². The lowest BCUT2D eigenvalue weighted by Gasteiger charge is -2.09. The predicted molar refractivity (Wildman–Crippen MR) is 182 cm³/mol. The zero-order valence-corrected chi connectivity index (χ0v) is 28.4. The molecule has 18 nitrogen and oxygen atoms in total. The van der Waals surface area contributed by atoms with Gasteiger partial charge < -0.3 is 11.5 Å². The number of azo groups is 3. The third kappa shape index (κ3) is 8.55. The fraction of sp³-hybridized carbons (Fsp3) is 0. The molecule has 0 amide bonds. The standard InChI is InChI=1S/C28H24N8O10S4/c1-3-47(37,38)19-9-5-17(6-10-19)31-34-23-16-24(35-33-22-15-21(49(41,42)43)13-14-25(22)50(44,45)46)27(30)28(26(23)29)36-32-18-7-11-20(12-8-18)48(39,40)4-2/h3-16H,1-2,29-30H2,(H,41,42,43)(H,44,45,46). The van der Waals surface area contributed by atoms with Crippen LogP contribution in [0.2, 0.25) is 0 Å². The first-order valence-electron chi connectivity index (χ1n) is 13.3. The zero-order chi connectivity index (χ0) is 37.1. The summed E-state index contributed by atoms with van der Waals surface area (Å²) in [5.41, 5.74) is 10.9. The lowest BCUT2D eigenvalue weighted by Crippen LogP contribution is -2.02. The highest BCUT2D eigenvalue weighted by atomic mass is 32.2. The molecule has 0 atom stereocenters. The van der Waals surface area contributed by atoms with E-state index in [4.69, 9.17) is 11.5 Å². The number of anilines is 2. The van der Waals surface area contributed by atoms with Crippen LogP contribution in [-0.2, 0) is 39.9 Å². The van der Waals surface area contributed by atoms with E-state index in [2.05, 4.69) is 43.8 Å². The van der Waals surface area contributed by atoms with Crippen molar-refractivity contribution in [3.05, 3.63) is 96.8 Å². The van der Waals surface area contributed by atoms with Crippen LogP contribution < -0.4 is 11.5 Å². The van der Waals surface area contributed by atoms with Crippen molar-refractivity contribution >= 4 is 85.4 Å². The van der Waals surface area contributed by atoms with Crippen molar-refractivity contribution in [2.45, 2.75) is 19.6 Å². The Balaban J connectivity index is 1.86. The molecule has 0 aromatic heterocycles. The van der Waals surface area contributed by atoms with E-state index >= 15 is 0 Å². The molecule has 0 fully saturated rings. The average molecular weight is 761 g/mol. The van der Waals surface area contributed by atoms with E-state index in [1.54, 1.807) is 0 Å². The number of rotatable bonds is 12. The smallest absolute Gasteiger partial charge is 0.296 e. The summed E-state index contributed by atoms with van der Waals surface area (Å²) in [5, 5.41) is 25.3. The summed E-state index contributed by atoms with van der Waals surface area (Å²) in [7, 11) is -17.3. The Morgan fingerprint density at radius 3 is 1.32 bits per heavy atom. The van der Waals surface area contributed by atoms with Crippen molar-refractivity contribution in [1.82, 2.24) is 0 Å². The van der Waals surface area contributed by atoms with Crippen molar-refractivity contribution < 1.29 is 42.8 Å². The maximum absolute atomic E-state index is 12.0. The van der Waals surface area contributed by atoms with Crippen molar-refractivity contribution in [2.24, 2.45) is 30.7 Å². The van der Waals surface area contributed by atoms with Crippen molar-refractivity contribution in [3.63, 3.8) is 0 Å². The highest BCUT2D eigenvalue weighted by Crippen LogP contribution is 2.45. The number of sulfone groups is 2. The molecule has 0 spiro atoms. The first kappa shape index (κ1) is 37.3. The molecule has 50 heavy (non-hydrogen) atoms. The van der Waals surface area contributed by atoms with E-state index in [1.807, 2.05) is 0 Å². The first-order valence-corrected chi connectivity index (χ1v) is 19.3. The highest BCUT2D eigenvalue weighted by molar-refractivity contribution is 7.94. The highest BCUT2D eigenvalue weighted by Gasteiger charge is 2.21. The van der Waals surface area contributed by atoms with E-state index < -0.39 is 55.4 Å². The summed E-state index contributed by atoms with van der Waals surface area (Å²) in [4.78, 5) is -1.76. The Kier molecular flexibility index (Phi) is 10.6. The molecule has 0 saturated heterocycles. The summed E-state index contributed by atoms with van der Waals surface area (Å²) in [5.74, 6) is 0. The van der Waals surface area contributed by atoms with Gasteiger partial charge in [-0.25, -0.2) is 16.8 Å². The Hall–Kier alpha value is -5.52. The minimum atomic E-state index is -4.97. The summed E-state index contributed by atoms with van der Waals surface area (Å²) in [6.45, 7) is 6.52. The fourth-order valence-corrected chi connectivity index (χ4v) is 6.34. The fourth-order valence-electron chi connectivity index (χ4n) is 3.82. The quantitative estimate of drug-likeness (QED) is 0.0690. The van der Waals surface area contributed by atoms with Crippen LogP contribution in [0.25, 0.3) is 0 Å². The van der Waals surface area contributed by atoms with E-state index in [-0.39, 0.29) is 49.6 Å². The number of nitrogens with two attached hydrogens (primary N) is 2. The average Bonchev–Trinajstić information content (AvgIpc) is 3.06. The lowest BCUT2D eigenvalue weighted by atomic mass is 10.2. The second kappa shape index (κ2) is 14.1. The molecule has 6 N–H and O–H groups in total. The molecule has 260 valence electrons. The molecule has 0 unspecified atom stereocenters. The van der Waals surface area contributed by atoms with E-state index in [9.17, 15) is 42.8 Å². The van der Waals surface area contributed by atoms with Crippen LogP contribution in [0, 0.1) is 0 Å². The Bertz CT molecular complexity index is 2550. The third-order valence-electron chi connectivity index (χ3n) is 6.42. The Morgan fingerprint density at radius 2 is 0.900 bits per heavy atom. The van der Waals surface area contributed by atoms with Gasteiger partial charge >= 0.3 is 0 Å². The van der Waals surface area contributed by atoms with Crippen molar-refractivity contribution in [1.29, 1.82) is 0 Å². The van der Waals surface area contributed by atoms with Gasteiger partial charge in [0.25, 0.3) is 20.2 Å². The maximum atomic E-state index is 12.0. The van der Waals surface area contributed by atoms with Crippen LogP contribution in [0.4, 0.5) is 45.5 Å². The number of nitrogens with zero attached hydrogens (tertiary/aromatic N) is 6. The van der Waals surface area contributed by atoms with Gasteiger partial charge in [0.1, 0.15) is 27.6 Å². The van der Waals surface area contributed by atoms with Crippen molar-refractivity contribution in [2.75, 3.05) is 11.5 Å². The molecular formula is C28H24N8O10S4. The first-order chi connectivity index (χ1) is 23.3. The molecule has 22 heteroatoms. The van der Waals surface area contributed by atoms with Gasteiger partial charge in [-0.3, -0.25) is 9.11 Å². The minimum Gasteiger partial charge on any atom is -0.395 e. The van der Waals surface area contributed by atoms with Crippen LogP contribution in [0.15, 0.2) is 147 Å². The van der Waals surface area contributed by atoms with E-state index in [0.717, 1.165) is 16.9 Å².